The van der Waals surface area contributed by atoms with E-state index in [0.717, 1.165) is 6.26 Å². The maximum absolute atomic E-state index is 10.6. The molecular weight excluding hydrogens is 190 g/mol. The lowest BCUT2D eigenvalue weighted by molar-refractivity contribution is 0.574. The number of rotatable bonds is 6. The molecule has 1 atom stereocenters. The van der Waals surface area contributed by atoms with Gasteiger partial charge in [0.05, 0.1) is 18.4 Å². The van der Waals surface area contributed by atoms with Gasteiger partial charge in [-0.15, -0.1) is 0 Å². The lowest BCUT2D eigenvalue weighted by Crippen LogP contribution is -2.29. The second kappa shape index (κ2) is 5.91. The summed E-state index contributed by atoms with van der Waals surface area (Å²) in [6.07, 6.45) is 1.80. The van der Waals surface area contributed by atoms with Crippen LogP contribution in [-0.2, 0) is 10.0 Å². The first kappa shape index (κ1) is 12.4. The molecule has 0 radical (unpaired) electrons. The Morgan fingerprint density at radius 3 is 2.54 bits per heavy atom. The van der Waals surface area contributed by atoms with E-state index in [1.807, 2.05) is 6.07 Å². The maximum Gasteiger partial charge on any atom is 0.208 e. The molecule has 0 saturated carbocycles. The number of sulfonamides is 1. The smallest absolute Gasteiger partial charge is 0.208 e. The van der Waals surface area contributed by atoms with E-state index in [2.05, 4.69) is 10.0 Å². The summed E-state index contributed by atoms with van der Waals surface area (Å²) in [6.45, 7) is 2.80. The first-order valence-electron chi connectivity index (χ1n) is 4.03. The Bertz CT molecular complexity index is 268. The lowest BCUT2D eigenvalue weighted by atomic mass is 10.3. The quantitative estimate of drug-likeness (QED) is 0.569. The Balaban J connectivity index is 3.34. The van der Waals surface area contributed by atoms with Crippen molar-refractivity contribution in [2.24, 2.45) is 0 Å². The minimum Gasteiger partial charge on any atom is -0.302 e. The predicted molar refractivity (Wildman–Crippen MR) is 50.5 cm³/mol. The van der Waals surface area contributed by atoms with Crippen molar-refractivity contribution in [3.63, 3.8) is 0 Å². The van der Waals surface area contributed by atoms with E-state index in [0.29, 0.717) is 19.5 Å². The molecule has 0 fully saturated rings. The Morgan fingerprint density at radius 1 is 1.46 bits per heavy atom. The zero-order valence-electron chi connectivity index (χ0n) is 7.87. The van der Waals surface area contributed by atoms with Crippen LogP contribution >= 0.6 is 0 Å². The fourth-order valence-corrected chi connectivity index (χ4v) is 1.23. The SMILES string of the molecule is CC(C#N)NCCCNS(C)(=O)=O. The summed E-state index contributed by atoms with van der Waals surface area (Å²) in [6, 6.07) is 1.84. The average molecular weight is 205 g/mol. The second-order valence-electron chi connectivity index (χ2n) is 2.82. The molecule has 0 aromatic rings. The maximum atomic E-state index is 10.6. The highest BCUT2D eigenvalue weighted by Gasteiger charge is 1.99. The van der Waals surface area contributed by atoms with Crippen molar-refractivity contribution in [2.75, 3.05) is 19.3 Å². The Kier molecular flexibility index (Phi) is 5.62. The molecule has 0 saturated heterocycles. The number of hydrogen-bond donors (Lipinski definition) is 2. The summed E-state index contributed by atoms with van der Waals surface area (Å²) in [7, 11) is -3.07. The minimum atomic E-state index is -3.07. The zero-order chi connectivity index (χ0) is 10.3. The highest BCUT2D eigenvalue weighted by atomic mass is 32.2. The predicted octanol–water partition coefficient (Wildman–Crippen LogP) is -0.573. The van der Waals surface area contributed by atoms with Gasteiger partial charge >= 0.3 is 0 Å². The van der Waals surface area contributed by atoms with Crippen LogP contribution in [0, 0.1) is 11.3 Å². The van der Waals surface area contributed by atoms with Crippen LogP contribution in [0.4, 0.5) is 0 Å². The molecule has 5 nitrogen and oxygen atoms in total. The molecule has 0 aliphatic heterocycles. The zero-order valence-corrected chi connectivity index (χ0v) is 8.69. The highest BCUT2D eigenvalue weighted by Crippen LogP contribution is 1.81. The van der Waals surface area contributed by atoms with Gasteiger partial charge in [0.2, 0.25) is 10.0 Å². The Labute approximate surface area is 79.2 Å². The normalized spacial score (nSPS) is 13.6. The number of nitrogens with zero attached hydrogens (tertiary/aromatic N) is 1. The summed E-state index contributed by atoms with van der Waals surface area (Å²) in [5.41, 5.74) is 0. The Morgan fingerprint density at radius 2 is 2.08 bits per heavy atom. The minimum absolute atomic E-state index is 0.182. The van der Waals surface area contributed by atoms with Gasteiger partial charge in [0.25, 0.3) is 0 Å². The summed E-state index contributed by atoms with van der Waals surface area (Å²) in [4.78, 5) is 0. The van der Waals surface area contributed by atoms with Gasteiger partial charge in [0, 0.05) is 6.54 Å². The third-order valence-electron chi connectivity index (χ3n) is 1.36. The molecule has 1 unspecified atom stereocenters. The van der Waals surface area contributed by atoms with Gasteiger partial charge in [-0.1, -0.05) is 0 Å². The largest absolute Gasteiger partial charge is 0.302 e. The first-order valence-corrected chi connectivity index (χ1v) is 5.92. The summed E-state index contributed by atoms with van der Waals surface area (Å²) in [5, 5.41) is 11.3. The monoisotopic (exact) mass is 205 g/mol. The first-order chi connectivity index (χ1) is 5.95. The molecule has 2 N–H and O–H groups in total. The van der Waals surface area contributed by atoms with Crippen LogP contribution in [0.1, 0.15) is 13.3 Å². The summed E-state index contributed by atoms with van der Waals surface area (Å²) >= 11 is 0. The van der Waals surface area contributed by atoms with Gasteiger partial charge in [0.15, 0.2) is 0 Å². The molecule has 0 aromatic heterocycles. The second-order valence-corrected chi connectivity index (χ2v) is 4.66. The van der Waals surface area contributed by atoms with Crippen LogP contribution in [0.25, 0.3) is 0 Å². The molecule has 0 heterocycles. The van der Waals surface area contributed by atoms with E-state index in [-0.39, 0.29) is 6.04 Å². The standard InChI is InChI=1S/C7H15N3O2S/c1-7(6-8)9-4-3-5-10-13(2,11)12/h7,9-10H,3-5H2,1-2H3. The van der Waals surface area contributed by atoms with E-state index in [4.69, 9.17) is 5.26 Å². The molecule has 0 spiro atoms. The van der Waals surface area contributed by atoms with Gasteiger partial charge in [-0.2, -0.15) is 5.26 Å². The summed E-state index contributed by atoms with van der Waals surface area (Å²) in [5.74, 6) is 0. The third kappa shape index (κ3) is 9.27. The van der Waals surface area contributed by atoms with E-state index >= 15 is 0 Å². The van der Waals surface area contributed by atoms with Crippen LogP contribution in [-0.4, -0.2) is 33.8 Å². The topological polar surface area (TPSA) is 82.0 Å². The van der Waals surface area contributed by atoms with Gasteiger partial charge in [-0.3, -0.25) is 0 Å². The molecular formula is C7H15N3O2S. The van der Waals surface area contributed by atoms with Crippen molar-refractivity contribution in [3.05, 3.63) is 0 Å². The third-order valence-corrected chi connectivity index (χ3v) is 2.09. The molecule has 0 amide bonds. The lowest BCUT2D eigenvalue weighted by Gasteiger charge is -2.05. The van der Waals surface area contributed by atoms with Crippen molar-refractivity contribution in [1.29, 1.82) is 5.26 Å². The van der Waals surface area contributed by atoms with Crippen LogP contribution in [0.3, 0.4) is 0 Å². The van der Waals surface area contributed by atoms with Crippen LogP contribution in [0.5, 0.6) is 0 Å². The number of nitriles is 1. The molecule has 0 aliphatic rings. The van der Waals surface area contributed by atoms with E-state index in [9.17, 15) is 8.42 Å². The van der Waals surface area contributed by atoms with E-state index < -0.39 is 10.0 Å². The average Bonchev–Trinajstić information content (AvgIpc) is 2.01. The molecule has 76 valence electrons. The number of nitrogens with one attached hydrogen (secondary N) is 2. The van der Waals surface area contributed by atoms with Crippen molar-refractivity contribution in [3.8, 4) is 6.07 Å². The fourth-order valence-electron chi connectivity index (χ4n) is 0.710. The van der Waals surface area contributed by atoms with Crippen molar-refractivity contribution >= 4 is 10.0 Å². The molecule has 0 aromatic carbocycles. The molecule has 0 aliphatic carbocycles. The van der Waals surface area contributed by atoms with Crippen molar-refractivity contribution in [1.82, 2.24) is 10.0 Å². The molecule has 6 heteroatoms. The highest BCUT2D eigenvalue weighted by molar-refractivity contribution is 7.88. The fraction of sp³-hybridized carbons (Fsp3) is 0.857. The van der Waals surface area contributed by atoms with Crippen molar-refractivity contribution < 1.29 is 8.42 Å². The Hall–Kier alpha value is -0.640. The van der Waals surface area contributed by atoms with Crippen LogP contribution in [0.15, 0.2) is 0 Å². The molecule has 0 rings (SSSR count). The van der Waals surface area contributed by atoms with Crippen LogP contribution in [0.2, 0.25) is 0 Å². The molecule has 13 heavy (non-hydrogen) atoms. The van der Waals surface area contributed by atoms with E-state index in [1.165, 1.54) is 0 Å². The van der Waals surface area contributed by atoms with E-state index in [1.54, 1.807) is 6.92 Å². The van der Waals surface area contributed by atoms with Crippen molar-refractivity contribution in [2.45, 2.75) is 19.4 Å². The van der Waals surface area contributed by atoms with Gasteiger partial charge in [-0.25, -0.2) is 13.1 Å². The molecule has 0 bridgehead atoms. The van der Waals surface area contributed by atoms with Gasteiger partial charge < -0.3 is 5.32 Å². The van der Waals surface area contributed by atoms with Gasteiger partial charge in [0.1, 0.15) is 0 Å². The summed E-state index contributed by atoms with van der Waals surface area (Å²) < 4.78 is 23.6. The van der Waals surface area contributed by atoms with Gasteiger partial charge in [-0.05, 0) is 19.9 Å². The number of hydrogen-bond acceptors (Lipinski definition) is 4. The van der Waals surface area contributed by atoms with Crippen LogP contribution < -0.4 is 10.0 Å².